The van der Waals surface area contributed by atoms with E-state index in [1.807, 2.05) is 18.2 Å². The van der Waals surface area contributed by atoms with Gasteiger partial charge in [0.15, 0.2) is 9.80 Å². The van der Waals surface area contributed by atoms with E-state index in [-0.39, 0.29) is 17.5 Å². The van der Waals surface area contributed by atoms with E-state index in [9.17, 15) is 0 Å². The zero-order valence-electron chi connectivity index (χ0n) is 14.0. The highest BCUT2D eigenvalue weighted by atomic mass is 32.2. The van der Waals surface area contributed by atoms with Crippen molar-refractivity contribution in [2.75, 3.05) is 6.61 Å². The number of hydrogen-bond acceptors (Lipinski definition) is 1. The highest BCUT2D eigenvalue weighted by molar-refractivity contribution is 8.04. The molecule has 1 aromatic carbocycles. The lowest BCUT2D eigenvalue weighted by molar-refractivity contribution is 0.299. The van der Waals surface area contributed by atoms with E-state index in [0.717, 1.165) is 6.42 Å². The molecule has 24 heavy (non-hydrogen) atoms. The van der Waals surface area contributed by atoms with Crippen LogP contribution in [0.4, 0.5) is 0 Å². The second-order valence-electron chi connectivity index (χ2n) is 5.92. The molecule has 2 aliphatic rings. The molecule has 1 heterocycles. The second kappa shape index (κ2) is 7.72. The summed E-state index contributed by atoms with van der Waals surface area (Å²) >= 11 is 0. The van der Waals surface area contributed by atoms with E-state index >= 15 is 0 Å². The van der Waals surface area contributed by atoms with Gasteiger partial charge in [-0.3, -0.25) is 0 Å². The summed E-state index contributed by atoms with van der Waals surface area (Å²) in [7, 11) is -0.0429. The van der Waals surface area contributed by atoms with Crippen LogP contribution in [0.5, 0.6) is 0 Å². The van der Waals surface area contributed by atoms with Crippen molar-refractivity contribution in [2.45, 2.75) is 24.7 Å². The number of rotatable bonds is 5. The van der Waals surface area contributed by atoms with Crippen molar-refractivity contribution >= 4 is 10.9 Å². The summed E-state index contributed by atoms with van der Waals surface area (Å²) in [6.45, 7) is 6.25. The van der Waals surface area contributed by atoms with E-state index in [0.29, 0.717) is 12.3 Å². The van der Waals surface area contributed by atoms with Crippen LogP contribution < -0.4 is 0 Å². The largest absolute Gasteiger partial charge is 0.396 e. The van der Waals surface area contributed by atoms with E-state index in [2.05, 4.69) is 61.7 Å². The molecule has 0 fully saturated rings. The van der Waals surface area contributed by atoms with Crippen molar-refractivity contribution in [1.29, 1.82) is 0 Å². The molecule has 1 aromatic rings. The molecular formula is C22H23OS+. The van der Waals surface area contributed by atoms with Crippen LogP contribution in [0.1, 0.15) is 18.9 Å². The minimum Gasteiger partial charge on any atom is -0.396 e. The third-order valence-electron chi connectivity index (χ3n) is 4.43. The molecule has 0 saturated carbocycles. The zero-order valence-corrected chi connectivity index (χ0v) is 14.9. The maximum atomic E-state index is 9.10. The molecule has 2 atom stereocenters. The third-order valence-corrected chi connectivity index (χ3v) is 6.86. The minimum absolute atomic E-state index is 0.0429. The van der Waals surface area contributed by atoms with Gasteiger partial charge >= 0.3 is 0 Å². The van der Waals surface area contributed by atoms with Gasteiger partial charge in [-0.15, -0.1) is 0 Å². The van der Waals surface area contributed by atoms with Crippen LogP contribution in [0.25, 0.3) is 0 Å². The Labute approximate surface area is 147 Å². The number of benzene rings is 1. The fourth-order valence-electron chi connectivity index (χ4n) is 3.25. The summed E-state index contributed by atoms with van der Waals surface area (Å²) in [5.41, 5.74) is 6.13. The Kier molecular flexibility index (Phi) is 5.42. The molecule has 0 aromatic heterocycles. The topological polar surface area (TPSA) is 20.2 Å². The quantitative estimate of drug-likeness (QED) is 0.463. The lowest BCUT2D eigenvalue weighted by Gasteiger charge is -2.07. The minimum atomic E-state index is -0.0429. The molecule has 0 bridgehead atoms. The van der Waals surface area contributed by atoms with Gasteiger partial charge in [-0.25, -0.2) is 0 Å². The van der Waals surface area contributed by atoms with Crippen LogP contribution in [0, 0.1) is 5.92 Å². The first kappa shape index (κ1) is 16.9. The van der Waals surface area contributed by atoms with Crippen molar-refractivity contribution < 1.29 is 5.11 Å². The predicted octanol–water partition coefficient (Wildman–Crippen LogP) is 4.84. The smallest absolute Gasteiger partial charge is 0.193 e. The van der Waals surface area contributed by atoms with E-state index in [4.69, 9.17) is 5.11 Å². The van der Waals surface area contributed by atoms with Gasteiger partial charge in [-0.1, -0.05) is 54.8 Å². The van der Waals surface area contributed by atoms with Crippen LogP contribution in [0.3, 0.4) is 0 Å². The molecule has 1 N–H and O–H groups in total. The Balaban J connectivity index is 2.05. The lowest BCUT2D eigenvalue weighted by Crippen LogP contribution is -2.06. The van der Waals surface area contributed by atoms with Crippen LogP contribution in [0.15, 0.2) is 93.3 Å². The number of hydrogen-bond donors (Lipinski definition) is 1. The Hall–Kier alpha value is -1.99. The van der Waals surface area contributed by atoms with Crippen LogP contribution in [-0.2, 0) is 17.3 Å². The van der Waals surface area contributed by atoms with E-state index in [1.54, 1.807) is 0 Å². The standard InChI is InChI=1S/C22H23OS/c1-3-4-8-20-17(2)24(22-10-7-5-6-9-21(20)22)19-13-11-18(12-14-19)15-16-23/h3-8,11-14,21,23H,1,9,15-16H2,2H3/q+1/b8-4-. The summed E-state index contributed by atoms with van der Waals surface area (Å²) in [5.74, 6) is 0.414. The maximum Gasteiger partial charge on any atom is 0.193 e. The first-order chi connectivity index (χ1) is 11.8. The molecule has 0 spiro atoms. The third kappa shape index (κ3) is 3.27. The van der Waals surface area contributed by atoms with Crippen LogP contribution >= 0.6 is 0 Å². The van der Waals surface area contributed by atoms with Gasteiger partial charge in [0.25, 0.3) is 0 Å². The molecule has 1 aliphatic carbocycles. The van der Waals surface area contributed by atoms with Gasteiger partial charge in [0.2, 0.25) is 0 Å². The zero-order chi connectivity index (χ0) is 16.9. The average molecular weight is 335 g/mol. The van der Waals surface area contributed by atoms with Gasteiger partial charge in [-0.2, -0.15) is 0 Å². The van der Waals surface area contributed by atoms with Crippen molar-refractivity contribution in [2.24, 2.45) is 5.92 Å². The number of allylic oxidation sites excluding steroid dienone is 8. The Morgan fingerprint density at radius 1 is 1.33 bits per heavy atom. The molecule has 1 aliphatic heterocycles. The second-order valence-corrected chi connectivity index (χ2v) is 8.06. The van der Waals surface area contributed by atoms with Crippen LogP contribution in [-0.4, -0.2) is 11.7 Å². The molecule has 2 heteroatoms. The maximum absolute atomic E-state index is 9.10. The van der Waals surface area contributed by atoms with Gasteiger partial charge in [0.05, 0.1) is 16.8 Å². The molecule has 122 valence electrons. The van der Waals surface area contributed by atoms with Gasteiger partial charge in [0.1, 0.15) is 4.91 Å². The highest BCUT2D eigenvalue weighted by Gasteiger charge is 2.45. The van der Waals surface area contributed by atoms with Gasteiger partial charge < -0.3 is 5.11 Å². The number of aliphatic hydroxyl groups excluding tert-OH is 1. The highest BCUT2D eigenvalue weighted by Crippen LogP contribution is 2.47. The average Bonchev–Trinajstić information content (AvgIpc) is 2.74. The summed E-state index contributed by atoms with van der Waals surface area (Å²) in [6.07, 6.45) is 14.2. The molecule has 3 rings (SSSR count). The summed E-state index contributed by atoms with van der Waals surface area (Å²) < 4.78 is 0. The normalized spacial score (nSPS) is 22.7. The molecule has 0 radical (unpaired) electrons. The fraction of sp³-hybridized carbons (Fsp3) is 0.227. The van der Waals surface area contributed by atoms with E-state index < -0.39 is 0 Å². The summed E-state index contributed by atoms with van der Waals surface area (Å²) in [6, 6.07) is 8.69. The van der Waals surface area contributed by atoms with E-state index in [1.165, 1.54) is 25.8 Å². The fourth-order valence-corrected chi connectivity index (χ4v) is 5.73. The van der Waals surface area contributed by atoms with Gasteiger partial charge in [-0.05, 0) is 36.6 Å². The molecular weight excluding hydrogens is 312 g/mol. The Morgan fingerprint density at radius 3 is 2.83 bits per heavy atom. The SMILES string of the molecule is C=C/C=C\C1=C(C)[S+](c2ccc(CCO)cc2)C2=C=CC=CCC21. The van der Waals surface area contributed by atoms with Crippen molar-refractivity contribution in [3.63, 3.8) is 0 Å². The van der Waals surface area contributed by atoms with Gasteiger partial charge in [0, 0.05) is 19.1 Å². The first-order valence-corrected chi connectivity index (χ1v) is 9.54. The van der Waals surface area contributed by atoms with Crippen molar-refractivity contribution in [3.05, 3.63) is 94.0 Å². The molecule has 0 saturated heterocycles. The summed E-state index contributed by atoms with van der Waals surface area (Å²) in [5, 5.41) is 9.10. The predicted molar refractivity (Wildman–Crippen MR) is 104 cm³/mol. The molecule has 0 amide bonds. The van der Waals surface area contributed by atoms with Crippen molar-refractivity contribution in [1.82, 2.24) is 0 Å². The summed E-state index contributed by atoms with van der Waals surface area (Å²) in [4.78, 5) is 4.15. The molecule has 1 nitrogen and oxygen atoms in total. The molecule has 2 unspecified atom stereocenters. The van der Waals surface area contributed by atoms with Crippen LogP contribution in [0.2, 0.25) is 0 Å². The monoisotopic (exact) mass is 335 g/mol. The first-order valence-electron chi connectivity index (χ1n) is 8.32. The Bertz CT molecular complexity index is 771. The lowest BCUT2D eigenvalue weighted by atomic mass is 9.95. The number of aliphatic hydroxyl groups is 1. The Morgan fingerprint density at radius 2 is 2.12 bits per heavy atom. The van der Waals surface area contributed by atoms with Crippen molar-refractivity contribution in [3.8, 4) is 0 Å². The number of fused-ring (bicyclic) bond motifs is 1.